The van der Waals surface area contributed by atoms with Crippen LogP contribution >= 0.6 is 11.8 Å². The summed E-state index contributed by atoms with van der Waals surface area (Å²) >= 11 is 1.48. The van der Waals surface area contributed by atoms with Gasteiger partial charge in [0.15, 0.2) is 0 Å². The third-order valence-electron chi connectivity index (χ3n) is 3.82. The molecule has 5 heteroatoms. The molecular weight excluding hydrogens is 332 g/mol. The fourth-order valence-corrected chi connectivity index (χ4v) is 3.28. The summed E-state index contributed by atoms with van der Waals surface area (Å²) in [5.41, 5.74) is 4.28. The molecule has 0 aliphatic heterocycles. The van der Waals surface area contributed by atoms with Gasteiger partial charge in [0.1, 0.15) is 0 Å². The molecule has 2 aromatic rings. The first-order valence-electron chi connectivity index (χ1n) is 8.22. The van der Waals surface area contributed by atoms with E-state index in [-0.39, 0.29) is 17.9 Å². The lowest BCUT2D eigenvalue weighted by molar-refractivity contribution is -0.119. The van der Waals surface area contributed by atoms with Gasteiger partial charge < -0.3 is 10.6 Å². The summed E-state index contributed by atoms with van der Waals surface area (Å²) in [5.74, 6) is 0.263. The molecule has 0 saturated carbocycles. The van der Waals surface area contributed by atoms with Gasteiger partial charge >= 0.3 is 0 Å². The highest BCUT2D eigenvalue weighted by Crippen LogP contribution is 2.22. The number of rotatable bonds is 6. The SMILES string of the molecule is CC(=O)Nc1ccc(SCC(=O)NC(C)c2cc(C)ccc2C)cc1. The van der Waals surface area contributed by atoms with E-state index in [2.05, 4.69) is 42.7 Å². The highest BCUT2D eigenvalue weighted by molar-refractivity contribution is 8.00. The standard InChI is InChI=1S/C20H24N2O2S/c1-13-5-6-14(2)19(11-13)15(3)21-20(24)12-25-18-9-7-17(8-10-18)22-16(4)23/h5-11,15H,12H2,1-4H3,(H,21,24)(H,22,23). The van der Waals surface area contributed by atoms with Crippen molar-refractivity contribution < 1.29 is 9.59 Å². The Labute approximate surface area is 153 Å². The molecule has 0 aliphatic carbocycles. The van der Waals surface area contributed by atoms with Crippen LogP contribution in [0.25, 0.3) is 0 Å². The summed E-state index contributed by atoms with van der Waals surface area (Å²) in [6.07, 6.45) is 0. The van der Waals surface area contributed by atoms with Gasteiger partial charge in [0.05, 0.1) is 11.8 Å². The van der Waals surface area contributed by atoms with Crippen LogP contribution in [0.2, 0.25) is 0 Å². The lowest BCUT2D eigenvalue weighted by Crippen LogP contribution is -2.28. The molecule has 0 aliphatic rings. The Hall–Kier alpha value is -2.27. The number of nitrogens with one attached hydrogen (secondary N) is 2. The van der Waals surface area contributed by atoms with Gasteiger partial charge in [-0.1, -0.05) is 23.8 Å². The van der Waals surface area contributed by atoms with Crippen LogP contribution < -0.4 is 10.6 Å². The Bertz CT molecular complexity index is 757. The minimum absolute atomic E-state index is 0.00402. The van der Waals surface area contributed by atoms with Crippen LogP contribution in [0.1, 0.15) is 36.6 Å². The molecule has 2 aromatic carbocycles. The number of anilines is 1. The van der Waals surface area contributed by atoms with Gasteiger partial charge in [-0.05, 0) is 56.2 Å². The van der Waals surface area contributed by atoms with Crippen molar-refractivity contribution in [1.82, 2.24) is 5.32 Å². The number of thioether (sulfide) groups is 1. The Morgan fingerprint density at radius 1 is 1.08 bits per heavy atom. The Morgan fingerprint density at radius 3 is 2.40 bits per heavy atom. The minimum atomic E-state index is -0.0970. The van der Waals surface area contributed by atoms with Crippen molar-refractivity contribution in [3.8, 4) is 0 Å². The molecule has 1 unspecified atom stereocenters. The first-order valence-corrected chi connectivity index (χ1v) is 9.20. The predicted molar refractivity (Wildman–Crippen MR) is 104 cm³/mol. The highest BCUT2D eigenvalue weighted by atomic mass is 32.2. The van der Waals surface area contributed by atoms with E-state index in [1.165, 1.54) is 29.8 Å². The fourth-order valence-electron chi connectivity index (χ4n) is 2.57. The third kappa shape index (κ3) is 5.94. The average molecular weight is 356 g/mol. The summed E-state index contributed by atoms with van der Waals surface area (Å²) in [4.78, 5) is 24.2. The molecule has 0 aromatic heterocycles. The second-order valence-corrected chi connectivity index (χ2v) is 7.19. The van der Waals surface area contributed by atoms with Crippen molar-refractivity contribution in [3.63, 3.8) is 0 Å². The molecule has 0 radical (unpaired) electrons. The van der Waals surface area contributed by atoms with E-state index in [9.17, 15) is 9.59 Å². The zero-order valence-electron chi connectivity index (χ0n) is 15.1. The quantitative estimate of drug-likeness (QED) is 0.762. The van der Waals surface area contributed by atoms with Crippen LogP contribution in [0, 0.1) is 13.8 Å². The lowest BCUT2D eigenvalue weighted by Gasteiger charge is -2.17. The van der Waals surface area contributed by atoms with Crippen LogP contribution in [0.3, 0.4) is 0 Å². The molecule has 4 nitrogen and oxygen atoms in total. The number of hydrogen-bond acceptors (Lipinski definition) is 3. The van der Waals surface area contributed by atoms with Crippen molar-refractivity contribution in [3.05, 3.63) is 59.2 Å². The van der Waals surface area contributed by atoms with Gasteiger partial charge in [0.25, 0.3) is 0 Å². The zero-order valence-corrected chi connectivity index (χ0v) is 15.9. The van der Waals surface area contributed by atoms with Crippen molar-refractivity contribution in [2.75, 3.05) is 11.1 Å². The summed E-state index contributed by atoms with van der Waals surface area (Å²) in [6.45, 7) is 7.59. The number of hydrogen-bond donors (Lipinski definition) is 2. The van der Waals surface area contributed by atoms with Gasteiger partial charge in [-0.15, -0.1) is 11.8 Å². The summed E-state index contributed by atoms with van der Waals surface area (Å²) < 4.78 is 0. The van der Waals surface area contributed by atoms with Crippen molar-refractivity contribution in [1.29, 1.82) is 0 Å². The second-order valence-electron chi connectivity index (χ2n) is 6.14. The number of benzene rings is 2. The lowest BCUT2D eigenvalue weighted by atomic mass is 10.00. The Balaban J connectivity index is 1.87. The molecule has 0 spiro atoms. The molecule has 0 heterocycles. The van der Waals surface area contributed by atoms with E-state index in [1.807, 2.05) is 31.2 Å². The van der Waals surface area contributed by atoms with E-state index in [0.29, 0.717) is 5.75 Å². The smallest absolute Gasteiger partial charge is 0.230 e. The zero-order chi connectivity index (χ0) is 18.4. The monoisotopic (exact) mass is 356 g/mol. The van der Waals surface area contributed by atoms with Gasteiger partial charge in [-0.3, -0.25) is 9.59 Å². The van der Waals surface area contributed by atoms with E-state index in [0.717, 1.165) is 16.1 Å². The largest absolute Gasteiger partial charge is 0.349 e. The normalized spacial score (nSPS) is 11.7. The fraction of sp³-hybridized carbons (Fsp3) is 0.300. The first kappa shape index (κ1) is 19.1. The summed E-state index contributed by atoms with van der Waals surface area (Å²) in [6, 6.07) is 13.7. The van der Waals surface area contributed by atoms with Gasteiger partial charge in [-0.25, -0.2) is 0 Å². The van der Waals surface area contributed by atoms with E-state index < -0.39 is 0 Å². The Kier molecular flexibility index (Phi) is 6.65. The summed E-state index contributed by atoms with van der Waals surface area (Å²) in [5, 5.41) is 5.78. The maximum Gasteiger partial charge on any atom is 0.230 e. The molecule has 132 valence electrons. The molecule has 25 heavy (non-hydrogen) atoms. The molecular formula is C20H24N2O2S. The molecule has 0 fully saturated rings. The van der Waals surface area contributed by atoms with Crippen LogP contribution in [0.5, 0.6) is 0 Å². The van der Waals surface area contributed by atoms with Crippen LogP contribution in [0.4, 0.5) is 5.69 Å². The van der Waals surface area contributed by atoms with Crippen LogP contribution in [-0.2, 0) is 9.59 Å². The summed E-state index contributed by atoms with van der Waals surface area (Å²) in [7, 11) is 0. The number of carbonyl (C=O) groups is 2. The highest BCUT2D eigenvalue weighted by Gasteiger charge is 2.12. The van der Waals surface area contributed by atoms with Gasteiger partial charge in [0.2, 0.25) is 11.8 Å². The van der Waals surface area contributed by atoms with E-state index in [4.69, 9.17) is 0 Å². The molecule has 0 saturated heterocycles. The van der Waals surface area contributed by atoms with Gasteiger partial charge in [0, 0.05) is 17.5 Å². The Morgan fingerprint density at radius 2 is 1.76 bits per heavy atom. The number of aryl methyl sites for hydroxylation is 2. The number of carbonyl (C=O) groups excluding carboxylic acids is 2. The maximum absolute atomic E-state index is 12.2. The number of amides is 2. The molecule has 0 bridgehead atoms. The average Bonchev–Trinajstić information content (AvgIpc) is 2.56. The van der Waals surface area contributed by atoms with Crippen molar-refractivity contribution >= 4 is 29.3 Å². The van der Waals surface area contributed by atoms with Gasteiger partial charge in [-0.2, -0.15) is 0 Å². The van der Waals surface area contributed by atoms with Crippen LogP contribution in [-0.4, -0.2) is 17.6 Å². The molecule has 2 rings (SSSR count). The topological polar surface area (TPSA) is 58.2 Å². The molecule has 2 N–H and O–H groups in total. The maximum atomic E-state index is 12.2. The second kappa shape index (κ2) is 8.72. The minimum Gasteiger partial charge on any atom is -0.349 e. The van der Waals surface area contributed by atoms with Crippen LogP contribution in [0.15, 0.2) is 47.4 Å². The van der Waals surface area contributed by atoms with E-state index in [1.54, 1.807) is 0 Å². The molecule has 2 amide bonds. The third-order valence-corrected chi connectivity index (χ3v) is 4.84. The predicted octanol–water partition coefficient (Wildman–Crippen LogP) is 4.23. The molecule has 1 atom stereocenters. The first-order chi connectivity index (χ1) is 11.8. The van der Waals surface area contributed by atoms with E-state index >= 15 is 0 Å². The van der Waals surface area contributed by atoms with Crippen molar-refractivity contribution in [2.24, 2.45) is 0 Å². The van der Waals surface area contributed by atoms with Crippen molar-refractivity contribution in [2.45, 2.75) is 38.6 Å².